The standard InChI is InChI=1S/C23H34N6O6/c24-22(25)26-11-4-8-17(14-31)27-20(32)19-9-5-12-29(19)21(33)18(10-13-30)28-23(34)35-15-16-6-2-1-3-7-16/h1-3,6-7,14,17-19,30H,4-5,8-13,15H2,(H,27,32)(H,28,34)(H4,24,25,26)/t17-,18+,19-/m0/s1. The normalized spacial score (nSPS) is 16.6. The molecule has 0 unspecified atom stereocenters. The van der Waals surface area contributed by atoms with Crippen molar-refractivity contribution in [3.05, 3.63) is 35.9 Å². The number of carbonyl (C=O) groups is 4. The van der Waals surface area contributed by atoms with Crippen LogP contribution in [0.5, 0.6) is 0 Å². The summed E-state index contributed by atoms with van der Waals surface area (Å²) in [6.45, 7) is 0.322. The van der Waals surface area contributed by atoms with Gasteiger partial charge in [-0.15, -0.1) is 0 Å². The van der Waals surface area contributed by atoms with Gasteiger partial charge in [-0.2, -0.15) is 0 Å². The van der Waals surface area contributed by atoms with Crippen LogP contribution in [0.4, 0.5) is 4.79 Å². The minimum absolute atomic E-state index is 0.0255. The number of aliphatic hydroxyl groups excluding tert-OH is 1. The van der Waals surface area contributed by atoms with Gasteiger partial charge in [0.15, 0.2) is 5.96 Å². The summed E-state index contributed by atoms with van der Waals surface area (Å²) < 4.78 is 5.18. The highest BCUT2D eigenvalue weighted by molar-refractivity contribution is 5.92. The molecule has 0 spiro atoms. The zero-order chi connectivity index (χ0) is 25.6. The van der Waals surface area contributed by atoms with Crippen LogP contribution < -0.4 is 22.1 Å². The molecule has 0 aliphatic carbocycles. The van der Waals surface area contributed by atoms with E-state index in [0.29, 0.717) is 45.1 Å². The molecule has 3 amide bonds. The van der Waals surface area contributed by atoms with Crippen LogP contribution in [0, 0.1) is 0 Å². The monoisotopic (exact) mass is 490 g/mol. The Labute approximate surface area is 204 Å². The first kappa shape index (κ1) is 27.6. The summed E-state index contributed by atoms with van der Waals surface area (Å²) in [4.78, 5) is 54.9. The third-order valence-electron chi connectivity index (χ3n) is 5.52. The van der Waals surface area contributed by atoms with E-state index >= 15 is 0 Å². The van der Waals surface area contributed by atoms with Crippen LogP contribution in [0.25, 0.3) is 0 Å². The summed E-state index contributed by atoms with van der Waals surface area (Å²) in [5.41, 5.74) is 11.3. The Hall–Kier alpha value is -3.67. The van der Waals surface area contributed by atoms with Gasteiger partial charge in [0.25, 0.3) is 0 Å². The molecule has 0 saturated carbocycles. The number of amides is 3. The molecular formula is C23H34N6O6. The van der Waals surface area contributed by atoms with Crippen LogP contribution in [0.2, 0.25) is 0 Å². The van der Waals surface area contributed by atoms with E-state index in [2.05, 4.69) is 15.6 Å². The Morgan fingerprint density at radius 3 is 2.60 bits per heavy atom. The number of aliphatic hydroxyl groups is 1. The number of likely N-dealkylation sites (tertiary alicyclic amines) is 1. The van der Waals surface area contributed by atoms with Crippen molar-refractivity contribution in [1.29, 1.82) is 0 Å². The fourth-order valence-corrected chi connectivity index (χ4v) is 3.77. The Morgan fingerprint density at radius 2 is 1.94 bits per heavy atom. The molecule has 1 aliphatic heterocycles. The summed E-state index contributed by atoms with van der Waals surface area (Å²) in [7, 11) is 0. The minimum Gasteiger partial charge on any atom is -0.445 e. The Bertz CT molecular complexity index is 877. The van der Waals surface area contributed by atoms with Gasteiger partial charge in [-0.05, 0) is 37.7 Å². The molecule has 35 heavy (non-hydrogen) atoms. The number of benzene rings is 1. The zero-order valence-corrected chi connectivity index (χ0v) is 19.6. The second-order valence-corrected chi connectivity index (χ2v) is 8.16. The third kappa shape index (κ3) is 9.24. The maximum atomic E-state index is 13.1. The van der Waals surface area contributed by atoms with Gasteiger partial charge >= 0.3 is 6.09 Å². The van der Waals surface area contributed by atoms with Crippen LogP contribution in [0.15, 0.2) is 35.3 Å². The molecule has 2 rings (SSSR count). The molecule has 7 N–H and O–H groups in total. The molecule has 192 valence electrons. The largest absolute Gasteiger partial charge is 0.445 e. The van der Waals surface area contributed by atoms with Crippen molar-refractivity contribution >= 4 is 30.2 Å². The number of ether oxygens (including phenoxy) is 1. The number of aldehydes is 1. The maximum Gasteiger partial charge on any atom is 0.408 e. The van der Waals surface area contributed by atoms with Gasteiger partial charge in [0.1, 0.15) is 25.0 Å². The number of aliphatic imine (C=N–C) groups is 1. The Kier molecular flexibility index (Phi) is 11.5. The van der Waals surface area contributed by atoms with Gasteiger partial charge in [-0.1, -0.05) is 30.3 Å². The molecule has 1 aromatic rings. The number of alkyl carbamates (subject to hydrolysis) is 1. The van der Waals surface area contributed by atoms with E-state index in [1.54, 1.807) is 12.1 Å². The van der Waals surface area contributed by atoms with E-state index < -0.39 is 36.0 Å². The number of rotatable bonds is 13. The maximum absolute atomic E-state index is 13.1. The fourth-order valence-electron chi connectivity index (χ4n) is 3.77. The van der Waals surface area contributed by atoms with Crippen LogP contribution in [0.1, 0.15) is 37.7 Å². The molecule has 12 nitrogen and oxygen atoms in total. The molecular weight excluding hydrogens is 456 g/mol. The van der Waals surface area contributed by atoms with Crippen molar-refractivity contribution in [3.63, 3.8) is 0 Å². The molecule has 1 heterocycles. The van der Waals surface area contributed by atoms with Gasteiger partial charge < -0.3 is 41.6 Å². The van der Waals surface area contributed by atoms with Crippen molar-refractivity contribution in [2.45, 2.75) is 56.8 Å². The van der Waals surface area contributed by atoms with Crippen molar-refractivity contribution in [1.82, 2.24) is 15.5 Å². The molecule has 1 saturated heterocycles. The molecule has 3 atom stereocenters. The molecule has 0 aromatic heterocycles. The average Bonchev–Trinajstić information content (AvgIpc) is 3.34. The number of hydrogen-bond donors (Lipinski definition) is 5. The SMILES string of the molecule is NC(N)=NCCC[C@@H](C=O)NC(=O)[C@@H]1CCCN1C(=O)[C@@H](CCO)NC(=O)OCc1ccccc1. The third-order valence-corrected chi connectivity index (χ3v) is 5.52. The molecule has 0 radical (unpaired) electrons. The summed E-state index contributed by atoms with van der Waals surface area (Å²) in [5, 5.41) is 14.6. The summed E-state index contributed by atoms with van der Waals surface area (Å²) in [5.74, 6) is -1.00. The predicted octanol–water partition coefficient (Wildman–Crippen LogP) is -0.608. The van der Waals surface area contributed by atoms with Crippen molar-refractivity contribution in [2.75, 3.05) is 19.7 Å². The molecule has 0 bridgehead atoms. The summed E-state index contributed by atoms with van der Waals surface area (Å²) in [6, 6.07) is 6.47. The van der Waals surface area contributed by atoms with Crippen molar-refractivity contribution in [2.24, 2.45) is 16.5 Å². The van der Waals surface area contributed by atoms with Gasteiger partial charge in [-0.25, -0.2) is 4.79 Å². The highest BCUT2D eigenvalue weighted by Crippen LogP contribution is 2.20. The van der Waals surface area contributed by atoms with Gasteiger partial charge in [-0.3, -0.25) is 14.6 Å². The number of nitrogens with zero attached hydrogens (tertiary/aromatic N) is 2. The quantitative estimate of drug-likeness (QED) is 0.105. The highest BCUT2D eigenvalue weighted by atomic mass is 16.5. The predicted molar refractivity (Wildman–Crippen MR) is 128 cm³/mol. The average molecular weight is 491 g/mol. The summed E-state index contributed by atoms with van der Waals surface area (Å²) in [6.07, 6.45) is 1.63. The second-order valence-electron chi connectivity index (χ2n) is 8.16. The van der Waals surface area contributed by atoms with Crippen molar-refractivity contribution in [3.8, 4) is 0 Å². The number of guanidine groups is 1. The number of nitrogens with one attached hydrogen (secondary N) is 2. The molecule has 1 aliphatic rings. The topological polar surface area (TPSA) is 189 Å². The van der Waals surface area contributed by atoms with E-state index in [9.17, 15) is 24.3 Å². The van der Waals surface area contributed by atoms with E-state index in [-0.39, 0.29) is 25.6 Å². The summed E-state index contributed by atoms with van der Waals surface area (Å²) >= 11 is 0. The first-order chi connectivity index (χ1) is 16.8. The van der Waals surface area contributed by atoms with Crippen LogP contribution in [0.3, 0.4) is 0 Å². The van der Waals surface area contributed by atoms with Gasteiger partial charge in [0, 0.05) is 19.7 Å². The number of carbonyl (C=O) groups excluding carboxylic acids is 4. The second kappa shape index (κ2) is 14.6. The van der Waals surface area contributed by atoms with E-state index in [1.165, 1.54) is 4.90 Å². The van der Waals surface area contributed by atoms with Crippen LogP contribution in [-0.2, 0) is 25.7 Å². The first-order valence-electron chi connectivity index (χ1n) is 11.5. The van der Waals surface area contributed by atoms with E-state index in [4.69, 9.17) is 16.2 Å². The number of nitrogens with two attached hydrogens (primary N) is 2. The Balaban J connectivity index is 1.93. The molecule has 1 fully saturated rings. The molecule has 12 heteroatoms. The Morgan fingerprint density at radius 1 is 1.20 bits per heavy atom. The van der Waals surface area contributed by atoms with Crippen LogP contribution >= 0.6 is 0 Å². The smallest absolute Gasteiger partial charge is 0.408 e. The highest BCUT2D eigenvalue weighted by Gasteiger charge is 2.38. The lowest BCUT2D eigenvalue weighted by molar-refractivity contribution is -0.140. The van der Waals surface area contributed by atoms with E-state index in [1.807, 2.05) is 18.2 Å². The van der Waals surface area contributed by atoms with Gasteiger partial charge in [0.2, 0.25) is 11.8 Å². The number of hydrogen-bond acceptors (Lipinski definition) is 7. The molecule has 1 aromatic carbocycles. The first-order valence-corrected chi connectivity index (χ1v) is 11.5. The lowest BCUT2D eigenvalue weighted by atomic mass is 10.1. The zero-order valence-electron chi connectivity index (χ0n) is 19.6. The van der Waals surface area contributed by atoms with Crippen molar-refractivity contribution < 1.29 is 29.0 Å². The lowest BCUT2D eigenvalue weighted by Crippen LogP contribution is -2.55. The van der Waals surface area contributed by atoms with Gasteiger partial charge in [0.05, 0.1) is 6.04 Å². The van der Waals surface area contributed by atoms with Crippen LogP contribution in [-0.4, -0.2) is 78.0 Å². The fraction of sp³-hybridized carbons (Fsp3) is 0.522. The van der Waals surface area contributed by atoms with E-state index in [0.717, 1.165) is 5.56 Å². The minimum atomic E-state index is -1.06. The lowest BCUT2D eigenvalue weighted by Gasteiger charge is -2.29.